The summed E-state index contributed by atoms with van der Waals surface area (Å²) in [5.74, 6) is 1.22. The maximum Gasteiger partial charge on any atom is 0.173 e. The Morgan fingerprint density at radius 2 is 1.80 bits per heavy atom. The number of ketones is 1. The third-order valence-corrected chi connectivity index (χ3v) is 4.27. The van der Waals surface area contributed by atoms with E-state index in [1.165, 1.54) is 5.56 Å². The molecule has 1 nitrogen and oxygen atoms in total. The quantitative estimate of drug-likeness (QED) is 0.561. The van der Waals surface area contributed by atoms with Crippen molar-refractivity contribution in [3.05, 3.63) is 65.2 Å². The number of Topliss-reactive ketones (excluding diaryl/α,β-unsaturated/α-hetero) is 1. The van der Waals surface area contributed by atoms with Crippen LogP contribution in [0.3, 0.4) is 0 Å². The zero-order valence-electron chi connectivity index (χ0n) is 12.2. The van der Waals surface area contributed by atoms with Gasteiger partial charge in [-0.1, -0.05) is 49.7 Å². The van der Waals surface area contributed by atoms with E-state index in [9.17, 15) is 4.79 Å². The van der Waals surface area contributed by atoms with Crippen molar-refractivity contribution in [3.8, 4) is 0 Å². The summed E-state index contributed by atoms with van der Waals surface area (Å²) in [4.78, 5) is 13.3. The molecule has 0 aliphatic rings. The third-order valence-electron chi connectivity index (χ3n) is 3.26. The first-order valence-electron chi connectivity index (χ1n) is 6.89. The first-order chi connectivity index (χ1) is 9.56. The van der Waals surface area contributed by atoms with E-state index in [1.54, 1.807) is 11.8 Å². The van der Waals surface area contributed by atoms with E-state index in [2.05, 4.69) is 38.1 Å². The van der Waals surface area contributed by atoms with Gasteiger partial charge in [0.05, 0.1) is 5.75 Å². The van der Waals surface area contributed by atoms with Crippen LogP contribution in [0.25, 0.3) is 0 Å². The smallest absolute Gasteiger partial charge is 0.173 e. The number of thioether (sulfide) groups is 1. The summed E-state index contributed by atoms with van der Waals surface area (Å²) in [5.41, 5.74) is 3.26. The van der Waals surface area contributed by atoms with Crippen molar-refractivity contribution in [2.75, 3.05) is 5.75 Å². The molecular weight excluding hydrogens is 264 g/mol. The molecule has 2 rings (SSSR count). The fourth-order valence-electron chi connectivity index (χ4n) is 2.00. The molecule has 0 unspecified atom stereocenters. The minimum atomic E-state index is 0.187. The van der Waals surface area contributed by atoms with Crippen LogP contribution in [0, 0.1) is 6.92 Å². The van der Waals surface area contributed by atoms with Crippen molar-refractivity contribution in [2.24, 2.45) is 0 Å². The second kappa shape index (κ2) is 6.76. The van der Waals surface area contributed by atoms with Crippen molar-refractivity contribution < 1.29 is 4.79 Å². The van der Waals surface area contributed by atoms with E-state index < -0.39 is 0 Å². The number of carbonyl (C=O) groups is 1. The zero-order valence-corrected chi connectivity index (χ0v) is 13.0. The maximum atomic E-state index is 12.1. The van der Waals surface area contributed by atoms with Crippen molar-refractivity contribution >= 4 is 17.5 Å². The Morgan fingerprint density at radius 1 is 1.10 bits per heavy atom. The molecule has 0 amide bonds. The first-order valence-corrected chi connectivity index (χ1v) is 7.87. The number of aryl methyl sites for hydroxylation is 1. The summed E-state index contributed by atoms with van der Waals surface area (Å²) < 4.78 is 0. The van der Waals surface area contributed by atoms with Gasteiger partial charge < -0.3 is 0 Å². The molecule has 0 fully saturated rings. The van der Waals surface area contributed by atoms with Gasteiger partial charge in [-0.3, -0.25) is 4.79 Å². The highest BCUT2D eigenvalue weighted by Crippen LogP contribution is 2.22. The van der Waals surface area contributed by atoms with Crippen molar-refractivity contribution in [1.82, 2.24) is 0 Å². The van der Waals surface area contributed by atoms with E-state index in [0.717, 1.165) is 16.0 Å². The van der Waals surface area contributed by atoms with Crippen LogP contribution in [-0.4, -0.2) is 11.5 Å². The molecule has 0 aromatic heterocycles. The summed E-state index contributed by atoms with van der Waals surface area (Å²) in [6, 6.07) is 16.3. The lowest BCUT2D eigenvalue weighted by molar-refractivity contribution is 0.102. The Hall–Kier alpha value is -1.54. The number of hydrogen-bond acceptors (Lipinski definition) is 2. The minimum absolute atomic E-state index is 0.187. The molecule has 0 atom stereocenters. The molecule has 2 aromatic carbocycles. The van der Waals surface area contributed by atoms with Gasteiger partial charge in [0.25, 0.3) is 0 Å². The van der Waals surface area contributed by atoms with Gasteiger partial charge in [-0.15, -0.1) is 11.8 Å². The normalized spacial score (nSPS) is 10.8. The van der Waals surface area contributed by atoms with Gasteiger partial charge in [0.15, 0.2) is 5.78 Å². The molecular formula is C18H20OS. The fraction of sp³-hybridized carbons (Fsp3) is 0.278. The summed E-state index contributed by atoms with van der Waals surface area (Å²) >= 11 is 1.60. The largest absolute Gasteiger partial charge is 0.293 e. The predicted molar refractivity (Wildman–Crippen MR) is 86.8 cm³/mol. The molecule has 0 aliphatic carbocycles. The highest BCUT2D eigenvalue weighted by molar-refractivity contribution is 8.00. The molecule has 104 valence electrons. The lowest BCUT2D eigenvalue weighted by Gasteiger charge is -2.06. The molecule has 2 heteroatoms. The molecule has 0 heterocycles. The standard InChI is InChI=1S/C18H20OS/c1-13(2)15-7-9-17(10-8-15)20-12-18(19)16-6-4-5-14(3)11-16/h4-11,13H,12H2,1-3H3. The molecule has 0 saturated heterocycles. The fourth-order valence-corrected chi connectivity index (χ4v) is 2.79. The van der Waals surface area contributed by atoms with E-state index in [1.807, 2.05) is 31.2 Å². The monoisotopic (exact) mass is 284 g/mol. The third kappa shape index (κ3) is 3.97. The highest BCUT2D eigenvalue weighted by Gasteiger charge is 2.07. The SMILES string of the molecule is Cc1cccc(C(=O)CSc2ccc(C(C)C)cc2)c1. The van der Waals surface area contributed by atoms with Gasteiger partial charge in [-0.25, -0.2) is 0 Å². The van der Waals surface area contributed by atoms with Crippen molar-refractivity contribution in [3.63, 3.8) is 0 Å². The first kappa shape index (κ1) is 14.9. The van der Waals surface area contributed by atoms with Crippen LogP contribution in [0.15, 0.2) is 53.4 Å². The van der Waals surface area contributed by atoms with E-state index in [4.69, 9.17) is 0 Å². The van der Waals surface area contributed by atoms with Crippen molar-refractivity contribution in [2.45, 2.75) is 31.6 Å². The number of hydrogen-bond donors (Lipinski definition) is 0. The Kier molecular flexibility index (Phi) is 5.02. The summed E-state index contributed by atoms with van der Waals surface area (Å²) in [6.45, 7) is 6.38. The average molecular weight is 284 g/mol. The van der Waals surface area contributed by atoms with E-state index in [-0.39, 0.29) is 5.78 Å². The van der Waals surface area contributed by atoms with Gasteiger partial charge in [-0.05, 0) is 36.6 Å². The Bertz CT molecular complexity index is 585. The topological polar surface area (TPSA) is 17.1 Å². The lowest BCUT2D eigenvalue weighted by atomic mass is 10.0. The molecule has 0 saturated carbocycles. The average Bonchev–Trinajstić information content (AvgIpc) is 2.45. The van der Waals surface area contributed by atoms with Gasteiger partial charge in [0, 0.05) is 10.5 Å². The van der Waals surface area contributed by atoms with Gasteiger partial charge >= 0.3 is 0 Å². The number of rotatable bonds is 5. The van der Waals surface area contributed by atoms with Crippen LogP contribution in [0.2, 0.25) is 0 Å². The van der Waals surface area contributed by atoms with Gasteiger partial charge in [0.1, 0.15) is 0 Å². The van der Waals surface area contributed by atoms with Crippen LogP contribution in [0.5, 0.6) is 0 Å². The zero-order chi connectivity index (χ0) is 14.5. The Balaban J connectivity index is 1.96. The van der Waals surface area contributed by atoms with Crippen LogP contribution in [0.4, 0.5) is 0 Å². The molecule has 0 radical (unpaired) electrons. The number of carbonyl (C=O) groups excluding carboxylic acids is 1. The summed E-state index contributed by atoms with van der Waals surface area (Å²) in [7, 11) is 0. The summed E-state index contributed by atoms with van der Waals surface area (Å²) in [6.07, 6.45) is 0. The molecule has 0 aliphatic heterocycles. The highest BCUT2D eigenvalue weighted by atomic mass is 32.2. The van der Waals surface area contributed by atoms with Gasteiger partial charge in [-0.2, -0.15) is 0 Å². The molecule has 0 bridgehead atoms. The van der Waals surface area contributed by atoms with E-state index >= 15 is 0 Å². The second-order valence-electron chi connectivity index (χ2n) is 5.31. The molecule has 2 aromatic rings. The second-order valence-corrected chi connectivity index (χ2v) is 6.35. The minimum Gasteiger partial charge on any atom is -0.293 e. The molecule has 0 N–H and O–H groups in total. The number of benzene rings is 2. The molecule has 0 spiro atoms. The van der Waals surface area contributed by atoms with Crippen LogP contribution in [0.1, 0.15) is 41.3 Å². The summed E-state index contributed by atoms with van der Waals surface area (Å²) in [5, 5.41) is 0. The van der Waals surface area contributed by atoms with Crippen LogP contribution >= 0.6 is 11.8 Å². The van der Waals surface area contributed by atoms with E-state index in [0.29, 0.717) is 11.7 Å². The van der Waals surface area contributed by atoms with Crippen LogP contribution in [-0.2, 0) is 0 Å². The Morgan fingerprint density at radius 3 is 2.40 bits per heavy atom. The Labute approximate surface area is 125 Å². The predicted octanol–water partition coefficient (Wildman–Crippen LogP) is 5.09. The molecule has 20 heavy (non-hydrogen) atoms. The van der Waals surface area contributed by atoms with Gasteiger partial charge in [0.2, 0.25) is 0 Å². The van der Waals surface area contributed by atoms with Crippen LogP contribution < -0.4 is 0 Å². The maximum absolute atomic E-state index is 12.1. The van der Waals surface area contributed by atoms with Crippen molar-refractivity contribution in [1.29, 1.82) is 0 Å². The lowest BCUT2D eigenvalue weighted by Crippen LogP contribution is -2.02.